The zero-order valence-corrected chi connectivity index (χ0v) is 10.5. The lowest BCUT2D eigenvalue weighted by Crippen LogP contribution is -2.17. The Morgan fingerprint density at radius 3 is 2.27 bits per heavy atom. The van der Waals surface area contributed by atoms with Crippen molar-refractivity contribution >= 4 is 0 Å². The third-order valence-corrected chi connectivity index (χ3v) is 3.24. The zero-order chi connectivity index (χ0) is 11.3. The maximum Gasteiger partial charge on any atom is 0.105 e. The minimum Gasteiger partial charge on any atom is -0.332 e. The summed E-state index contributed by atoms with van der Waals surface area (Å²) in [7, 11) is 0. The minimum atomic E-state index is 0.721. The number of imidazole rings is 1. The molecule has 0 amide bonds. The van der Waals surface area contributed by atoms with E-state index in [-0.39, 0.29) is 0 Å². The summed E-state index contributed by atoms with van der Waals surface area (Å²) in [5.41, 5.74) is 0. The summed E-state index contributed by atoms with van der Waals surface area (Å²) in [6.07, 6.45) is 9.45. The van der Waals surface area contributed by atoms with Gasteiger partial charge in [0, 0.05) is 18.4 Å². The highest BCUT2D eigenvalue weighted by atomic mass is 15.1. The molecule has 0 spiro atoms. The summed E-state index contributed by atoms with van der Waals surface area (Å²) in [5, 5.41) is 0. The molecule has 0 aromatic carbocycles. The first kappa shape index (κ1) is 12.3. The van der Waals surface area contributed by atoms with E-state index in [1.165, 1.54) is 31.5 Å². The van der Waals surface area contributed by atoms with Gasteiger partial charge in [-0.15, -0.1) is 0 Å². The van der Waals surface area contributed by atoms with Crippen LogP contribution in [-0.4, -0.2) is 9.55 Å². The van der Waals surface area contributed by atoms with Gasteiger partial charge in [-0.2, -0.15) is 0 Å². The molecule has 2 heteroatoms. The first-order valence-electron chi connectivity index (χ1n) is 6.27. The standard InChI is InChI=1S/C11H18N2.C2H6/c1-9-3-5-11(6-4-9)13-8-7-12-10(13)2;1-2/h7-9,11H,3-6H2,1-2H3;1-2H3. The van der Waals surface area contributed by atoms with Crippen molar-refractivity contribution in [3.63, 3.8) is 0 Å². The molecule has 0 unspecified atom stereocenters. The summed E-state index contributed by atoms with van der Waals surface area (Å²) in [4.78, 5) is 4.27. The molecule has 2 nitrogen and oxygen atoms in total. The third kappa shape index (κ3) is 3.08. The molecule has 1 aromatic rings. The second-order valence-corrected chi connectivity index (χ2v) is 4.30. The smallest absolute Gasteiger partial charge is 0.105 e. The van der Waals surface area contributed by atoms with Gasteiger partial charge in [-0.25, -0.2) is 4.98 Å². The molecule has 0 saturated heterocycles. The van der Waals surface area contributed by atoms with Crippen LogP contribution in [0.25, 0.3) is 0 Å². The molecular formula is C13H24N2. The summed E-state index contributed by atoms with van der Waals surface area (Å²) in [5.74, 6) is 2.10. The highest BCUT2D eigenvalue weighted by molar-refractivity contribution is 4.93. The quantitative estimate of drug-likeness (QED) is 0.683. The lowest BCUT2D eigenvalue weighted by atomic mass is 9.87. The van der Waals surface area contributed by atoms with E-state index in [9.17, 15) is 0 Å². The van der Waals surface area contributed by atoms with Crippen LogP contribution >= 0.6 is 0 Å². The summed E-state index contributed by atoms with van der Waals surface area (Å²) in [6, 6.07) is 0.721. The van der Waals surface area contributed by atoms with Crippen LogP contribution in [0.15, 0.2) is 12.4 Å². The number of hydrogen-bond acceptors (Lipinski definition) is 1. The van der Waals surface area contributed by atoms with Crippen LogP contribution in [0.3, 0.4) is 0 Å². The van der Waals surface area contributed by atoms with Crippen molar-refractivity contribution in [1.29, 1.82) is 0 Å². The van der Waals surface area contributed by atoms with Crippen LogP contribution in [0, 0.1) is 12.8 Å². The predicted octanol–water partition coefficient (Wildman–Crippen LogP) is 3.97. The largest absolute Gasteiger partial charge is 0.332 e. The summed E-state index contributed by atoms with van der Waals surface area (Å²) in [6.45, 7) is 8.45. The average molecular weight is 208 g/mol. The molecule has 0 radical (unpaired) electrons. The van der Waals surface area contributed by atoms with E-state index in [1.54, 1.807) is 0 Å². The van der Waals surface area contributed by atoms with Gasteiger partial charge in [-0.05, 0) is 38.5 Å². The normalized spacial score (nSPS) is 25.6. The first-order valence-corrected chi connectivity index (χ1v) is 6.27. The van der Waals surface area contributed by atoms with Gasteiger partial charge in [0.05, 0.1) is 0 Å². The molecule has 0 aliphatic heterocycles. The molecule has 0 N–H and O–H groups in total. The number of hydrogen-bond donors (Lipinski definition) is 0. The van der Waals surface area contributed by atoms with Crippen molar-refractivity contribution in [3.8, 4) is 0 Å². The van der Waals surface area contributed by atoms with Crippen LogP contribution in [0.5, 0.6) is 0 Å². The van der Waals surface area contributed by atoms with E-state index in [1.807, 2.05) is 20.0 Å². The Morgan fingerprint density at radius 1 is 1.20 bits per heavy atom. The molecule has 1 heterocycles. The monoisotopic (exact) mass is 208 g/mol. The van der Waals surface area contributed by atoms with E-state index in [0.717, 1.165) is 12.0 Å². The van der Waals surface area contributed by atoms with Crippen molar-refractivity contribution in [2.24, 2.45) is 5.92 Å². The molecule has 0 atom stereocenters. The fourth-order valence-electron chi connectivity index (χ4n) is 2.29. The van der Waals surface area contributed by atoms with Crippen LogP contribution in [0.1, 0.15) is 58.3 Å². The van der Waals surface area contributed by atoms with E-state index < -0.39 is 0 Å². The molecule has 2 rings (SSSR count). The van der Waals surface area contributed by atoms with Crippen molar-refractivity contribution in [2.45, 2.75) is 59.4 Å². The fourth-order valence-corrected chi connectivity index (χ4v) is 2.29. The van der Waals surface area contributed by atoms with Crippen LogP contribution in [0.2, 0.25) is 0 Å². The lowest BCUT2D eigenvalue weighted by molar-refractivity contribution is 0.286. The maximum atomic E-state index is 4.27. The average Bonchev–Trinajstić information content (AvgIpc) is 2.69. The van der Waals surface area contributed by atoms with E-state index in [4.69, 9.17) is 0 Å². The SMILES string of the molecule is CC.Cc1nccn1C1CCC(C)CC1. The fraction of sp³-hybridized carbons (Fsp3) is 0.769. The van der Waals surface area contributed by atoms with Crippen molar-refractivity contribution in [1.82, 2.24) is 9.55 Å². The van der Waals surface area contributed by atoms with Gasteiger partial charge in [0.2, 0.25) is 0 Å². The second-order valence-electron chi connectivity index (χ2n) is 4.30. The van der Waals surface area contributed by atoms with Crippen LogP contribution in [0.4, 0.5) is 0 Å². The number of aryl methyl sites for hydroxylation is 1. The van der Waals surface area contributed by atoms with Gasteiger partial charge in [0.25, 0.3) is 0 Å². The first-order chi connectivity index (χ1) is 7.27. The van der Waals surface area contributed by atoms with Gasteiger partial charge in [-0.1, -0.05) is 20.8 Å². The van der Waals surface area contributed by atoms with Gasteiger partial charge in [0.15, 0.2) is 0 Å². The molecule has 1 fully saturated rings. The van der Waals surface area contributed by atoms with E-state index in [2.05, 4.69) is 29.6 Å². The Labute approximate surface area is 93.7 Å². The van der Waals surface area contributed by atoms with Gasteiger partial charge in [-0.3, -0.25) is 0 Å². The Hall–Kier alpha value is -0.790. The molecule has 1 aromatic heterocycles. The third-order valence-electron chi connectivity index (χ3n) is 3.24. The lowest BCUT2D eigenvalue weighted by Gasteiger charge is -2.27. The van der Waals surface area contributed by atoms with Crippen LogP contribution < -0.4 is 0 Å². The molecule has 1 saturated carbocycles. The van der Waals surface area contributed by atoms with Gasteiger partial charge >= 0.3 is 0 Å². The number of nitrogens with zero attached hydrogens (tertiary/aromatic N) is 2. The number of rotatable bonds is 1. The van der Waals surface area contributed by atoms with Crippen molar-refractivity contribution in [2.75, 3.05) is 0 Å². The molecule has 0 bridgehead atoms. The Balaban J connectivity index is 0.000000531. The Morgan fingerprint density at radius 2 is 1.80 bits per heavy atom. The van der Waals surface area contributed by atoms with E-state index in [0.29, 0.717) is 0 Å². The molecule has 1 aliphatic rings. The predicted molar refractivity (Wildman–Crippen MR) is 65.0 cm³/mol. The van der Waals surface area contributed by atoms with Crippen molar-refractivity contribution in [3.05, 3.63) is 18.2 Å². The second kappa shape index (κ2) is 5.94. The topological polar surface area (TPSA) is 17.8 Å². The highest BCUT2D eigenvalue weighted by Gasteiger charge is 2.19. The maximum absolute atomic E-state index is 4.27. The molecule has 86 valence electrons. The Bertz CT molecular complexity index is 270. The Kier molecular flexibility index (Phi) is 4.86. The van der Waals surface area contributed by atoms with E-state index >= 15 is 0 Å². The summed E-state index contributed by atoms with van der Waals surface area (Å²) >= 11 is 0. The minimum absolute atomic E-state index is 0.721. The zero-order valence-electron chi connectivity index (χ0n) is 10.5. The molecular weight excluding hydrogens is 184 g/mol. The van der Waals surface area contributed by atoms with Crippen LogP contribution in [-0.2, 0) is 0 Å². The van der Waals surface area contributed by atoms with Crippen molar-refractivity contribution < 1.29 is 0 Å². The molecule has 15 heavy (non-hydrogen) atoms. The van der Waals surface area contributed by atoms with Gasteiger partial charge in [0.1, 0.15) is 5.82 Å². The highest BCUT2D eigenvalue weighted by Crippen LogP contribution is 2.32. The molecule has 1 aliphatic carbocycles. The van der Waals surface area contributed by atoms with Gasteiger partial charge < -0.3 is 4.57 Å². The summed E-state index contributed by atoms with van der Waals surface area (Å²) < 4.78 is 2.34. The number of aromatic nitrogens is 2.